The SMILES string of the molecule is [CH2][C@H]1C[C@H](n2cc(C)c(=O)[nH]c2=O)O[C@H]1COC(c1ccccc1)(c1ccc(OC)cc1)c1ccc(OC)cc1. The van der Waals surface area contributed by atoms with Gasteiger partial charge >= 0.3 is 5.69 Å². The Labute approximate surface area is 233 Å². The first-order chi connectivity index (χ1) is 19.3. The number of nitrogens with zero attached hydrogens (tertiary/aromatic N) is 1. The molecule has 8 heteroatoms. The van der Waals surface area contributed by atoms with Crippen LogP contribution < -0.4 is 20.7 Å². The van der Waals surface area contributed by atoms with Gasteiger partial charge < -0.3 is 18.9 Å². The van der Waals surface area contributed by atoms with Crippen molar-refractivity contribution >= 4 is 0 Å². The fourth-order valence-corrected chi connectivity index (χ4v) is 5.22. The summed E-state index contributed by atoms with van der Waals surface area (Å²) in [7, 11) is 3.27. The molecule has 0 bridgehead atoms. The molecule has 0 saturated carbocycles. The van der Waals surface area contributed by atoms with Crippen LogP contribution in [0.15, 0.2) is 94.6 Å². The van der Waals surface area contributed by atoms with E-state index in [1.54, 1.807) is 21.1 Å². The summed E-state index contributed by atoms with van der Waals surface area (Å²) in [6.45, 7) is 6.16. The van der Waals surface area contributed by atoms with E-state index in [4.69, 9.17) is 18.9 Å². The van der Waals surface area contributed by atoms with Crippen LogP contribution >= 0.6 is 0 Å². The normalized spacial score (nSPS) is 18.9. The molecule has 40 heavy (non-hydrogen) atoms. The van der Waals surface area contributed by atoms with E-state index in [1.165, 1.54) is 10.8 Å². The highest BCUT2D eigenvalue weighted by atomic mass is 16.6. The van der Waals surface area contributed by atoms with Gasteiger partial charge in [-0.2, -0.15) is 0 Å². The molecule has 0 aliphatic carbocycles. The fraction of sp³-hybridized carbons (Fsp3) is 0.281. The number of hydrogen-bond acceptors (Lipinski definition) is 6. The van der Waals surface area contributed by atoms with E-state index in [2.05, 4.69) is 11.9 Å². The molecule has 1 aliphatic heterocycles. The van der Waals surface area contributed by atoms with Gasteiger partial charge in [-0.1, -0.05) is 54.6 Å². The zero-order valence-electron chi connectivity index (χ0n) is 22.8. The maximum atomic E-state index is 12.5. The van der Waals surface area contributed by atoms with Crippen LogP contribution in [0.2, 0.25) is 0 Å². The topological polar surface area (TPSA) is 91.8 Å². The lowest BCUT2D eigenvalue weighted by molar-refractivity contribution is -0.0822. The Morgan fingerprint density at radius 2 is 1.45 bits per heavy atom. The molecule has 3 atom stereocenters. The van der Waals surface area contributed by atoms with Crippen LogP contribution in [0.4, 0.5) is 0 Å². The maximum absolute atomic E-state index is 12.5. The molecule has 0 spiro atoms. The number of H-pyrrole nitrogens is 1. The Morgan fingerprint density at radius 1 is 0.900 bits per heavy atom. The third-order valence-corrected chi connectivity index (χ3v) is 7.46. The van der Waals surface area contributed by atoms with Crippen LogP contribution in [0.3, 0.4) is 0 Å². The van der Waals surface area contributed by atoms with Crippen LogP contribution in [0.25, 0.3) is 0 Å². The van der Waals surface area contributed by atoms with Crippen LogP contribution in [-0.2, 0) is 15.1 Å². The molecule has 5 rings (SSSR count). The van der Waals surface area contributed by atoms with Crippen molar-refractivity contribution in [3.63, 3.8) is 0 Å². The number of nitrogens with one attached hydrogen (secondary N) is 1. The van der Waals surface area contributed by atoms with Crippen molar-refractivity contribution in [2.75, 3.05) is 20.8 Å². The van der Waals surface area contributed by atoms with E-state index in [0.29, 0.717) is 12.0 Å². The van der Waals surface area contributed by atoms with E-state index in [9.17, 15) is 9.59 Å². The summed E-state index contributed by atoms with van der Waals surface area (Å²) < 4.78 is 25.5. The van der Waals surface area contributed by atoms with Gasteiger partial charge in [-0.05, 0) is 67.1 Å². The summed E-state index contributed by atoms with van der Waals surface area (Å²) in [5.41, 5.74) is 1.28. The average Bonchev–Trinajstić information content (AvgIpc) is 3.36. The number of aryl methyl sites for hydroxylation is 1. The molecule has 8 nitrogen and oxygen atoms in total. The van der Waals surface area contributed by atoms with Gasteiger partial charge in [-0.25, -0.2) is 4.79 Å². The summed E-state index contributed by atoms with van der Waals surface area (Å²) >= 11 is 0. The maximum Gasteiger partial charge on any atom is 0.330 e. The van der Waals surface area contributed by atoms with Crippen LogP contribution in [0, 0.1) is 19.8 Å². The minimum absolute atomic E-state index is 0.149. The minimum atomic E-state index is -0.994. The molecule has 1 fully saturated rings. The van der Waals surface area contributed by atoms with Gasteiger partial charge in [0, 0.05) is 11.8 Å². The molecular formula is C32H33N2O6. The lowest BCUT2D eigenvalue weighted by atomic mass is 9.80. The average molecular weight is 542 g/mol. The van der Waals surface area contributed by atoms with Gasteiger partial charge in [0.2, 0.25) is 0 Å². The van der Waals surface area contributed by atoms with E-state index < -0.39 is 29.2 Å². The van der Waals surface area contributed by atoms with Crippen molar-refractivity contribution in [2.45, 2.75) is 31.3 Å². The Hall–Kier alpha value is -4.14. The van der Waals surface area contributed by atoms with Gasteiger partial charge in [0.1, 0.15) is 23.3 Å². The number of aromatic amines is 1. The first kappa shape index (κ1) is 27.4. The number of aromatic nitrogens is 2. The van der Waals surface area contributed by atoms with Crippen LogP contribution in [0.5, 0.6) is 11.5 Å². The summed E-state index contributed by atoms with van der Waals surface area (Å²) in [5, 5.41) is 0. The molecule has 1 aromatic heterocycles. The molecule has 0 unspecified atom stereocenters. The highest BCUT2D eigenvalue weighted by molar-refractivity contribution is 5.49. The highest BCUT2D eigenvalue weighted by Crippen LogP contribution is 2.43. The van der Waals surface area contributed by atoms with Crippen molar-refractivity contribution < 1.29 is 18.9 Å². The van der Waals surface area contributed by atoms with E-state index in [0.717, 1.165) is 28.2 Å². The smallest absolute Gasteiger partial charge is 0.330 e. The van der Waals surface area contributed by atoms with Gasteiger partial charge in [0.25, 0.3) is 5.56 Å². The van der Waals surface area contributed by atoms with E-state index >= 15 is 0 Å². The minimum Gasteiger partial charge on any atom is -0.497 e. The van der Waals surface area contributed by atoms with Crippen molar-refractivity contribution in [1.82, 2.24) is 9.55 Å². The van der Waals surface area contributed by atoms with Crippen molar-refractivity contribution in [3.05, 3.63) is 135 Å². The Balaban J connectivity index is 1.54. The van der Waals surface area contributed by atoms with Crippen LogP contribution in [-0.4, -0.2) is 36.5 Å². The zero-order chi connectivity index (χ0) is 28.3. The first-order valence-corrected chi connectivity index (χ1v) is 13.1. The Morgan fingerprint density at radius 3 is 2.00 bits per heavy atom. The van der Waals surface area contributed by atoms with Crippen molar-refractivity contribution in [2.24, 2.45) is 5.92 Å². The third-order valence-electron chi connectivity index (χ3n) is 7.46. The fourth-order valence-electron chi connectivity index (χ4n) is 5.22. The molecule has 1 aliphatic rings. The number of rotatable bonds is 9. The molecule has 1 N–H and O–H groups in total. The summed E-state index contributed by atoms with van der Waals surface area (Å²) in [5.74, 6) is 1.33. The summed E-state index contributed by atoms with van der Waals surface area (Å²) in [6.07, 6.45) is 1.07. The number of methoxy groups -OCH3 is 2. The summed E-state index contributed by atoms with van der Waals surface area (Å²) in [6, 6.07) is 25.7. The molecule has 2 heterocycles. The predicted octanol–water partition coefficient (Wildman–Crippen LogP) is 4.61. The largest absolute Gasteiger partial charge is 0.497 e. The van der Waals surface area contributed by atoms with Gasteiger partial charge in [-0.15, -0.1) is 0 Å². The van der Waals surface area contributed by atoms with Gasteiger partial charge in [0.05, 0.1) is 26.9 Å². The third kappa shape index (κ3) is 5.20. The van der Waals surface area contributed by atoms with Gasteiger partial charge in [0.15, 0.2) is 0 Å². The van der Waals surface area contributed by atoms with E-state index in [1.807, 2.05) is 78.9 Å². The second kappa shape index (κ2) is 11.5. The lowest BCUT2D eigenvalue weighted by Crippen LogP contribution is -2.37. The molecule has 1 saturated heterocycles. The lowest BCUT2D eigenvalue weighted by Gasteiger charge is -2.37. The molecule has 0 amide bonds. The molecule has 3 aromatic carbocycles. The first-order valence-electron chi connectivity index (χ1n) is 13.1. The standard InChI is InChI=1S/C32H33N2O6/c1-21-18-29(34-19-22(2)30(35)33-31(34)36)40-28(21)20-39-32(23-8-6-5-7-9-23,24-10-14-26(37-3)15-11-24)25-12-16-27(38-4)17-13-25/h5-17,19,21,28-29H,1,18,20H2,2-4H3,(H,33,35,36)/t21-,28-,29+/m0/s1. The number of hydrogen-bond donors (Lipinski definition) is 1. The number of ether oxygens (including phenoxy) is 4. The number of benzene rings is 3. The quantitative estimate of drug-likeness (QED) is 0.311. The highest BCUT2D eigenvalue weighted by Gasteiger charge is 2.41. The molecule has 1 radical (unpaired) electrons. The zero-order valence-corrected chi connectivity index (χ0v) is 22.8. The monoisotopic (exact) mass is 541 g/mol. The second-order valence-electron chi connectivity index (χ2n) is 9.92. The second-order valence-corrected chi connectivity index (χ2v) is 9.92. The van der Waals surface area contributed by atoms with E-state index in [-0.39, 0.29) is 12.5 Å². The molecular weight excluding hydrogens is 508 g/mol. The molecule has 207 valence electrons. The molecule has 4 aromatic rings. The van der Waals surface area contributed by atoms with Gasteiger partial charge in [-0.3, -0.25) is 14.3 Å². The van der Waals surface area contributed by atoms with Crippen molar-refractivity contribution in [3.8, 4) is 11.5 Å². The Kier molecular flexibility index (Phi) is 7.91. The van der Waals surface area contributed by atoms with Crippen LogP contribution in [0.1, 0.15) is 34.9 Å². The summed E-state index contributed by atoms with van der Waals surface area (Å²) in [4.78, 5) is 26.8. The Bertz CT molecular complexity index is 1500. The predicted molar refractivity (Wildman–Crippen MR) is 152 cm³/mol. The van der Waals surface area contributed by atoms with Crippen molar-refractivity contribution in [1.29, 1.82) is 0 Å².